The molecule has 8 aromatic rings. The summed E-state index contributed by atoms with van der Waals surface area (Å²) in [6, 6.07) is 49.7. The van der Waals surface area contributed by atoms with Crippen LogP contribution in [0.25, 0.3) is 39.4 Å². The Morgan fingerprint density at radius 3 is 1.74 bits per heavy atom. The molecule has 0 fully saturated rings. The van der Waals surface area contributed by atoms with Gasteiger partial charge in [0.05, 0.1) is 24.2 Å². The van der Waals surface area contributed by atoms with Crippen LogP contribution in [0, 0.1) is 0 Å². The van der Waals surface area contributed by atoms with Crippen LogP contribution in [-0.2, 0) is 12.1 Å². The zero-order chi connectivity index (χ0) is 31.6. The Morgan fingerprint density at radius 2 is 1.17 bits per heavy atom. The van der Waals surface area contributed by atoms with Gasteiger partial charge in [-0.25, -0.2) is 4.98 Å². The molecule has 226 valence electrons. The molecule has 0 aliphatic rings. The van der Waals surface area contributed by atoms with E-state index in [1.165, 1.54) is 0 Å². The van der Waals surface area contributed by atoms with Gasteiger partial charge in [-0.2, -0.15) is 5.10 Å². The fourth-order valence-corrected chi connectivity index (χ4v) is 6.52. The summed E-state index contributed by atoms with van der Waals surface area (Å²) in [7, 11) is 0. The van der Waals surface area contributed by atoms with Crippen LogP contribution in [0.5, 0.6) is 0 Å². The molecule has 8 rings (SSSR count). The third kappa shape index (κ3) is 4.92. The molecule has 0 radical (unpaired) electrons. The molecule has 0 saturated heterocycles. The van der Waals surface area contributed by atoms with Crippen molar-refractivity contribution in [2.24, 2.45) is 0 Å². The Morgan fingerprint density at radius 1 is 0.574 bits per heavy atom. The third-order valence-corrected chi connectivity index (χ3v) is 8.79. The number of rotatable bonds is 8. The lowest BCUT2D eigenvalue weighted by Crippen LogP contribution is -2.38. The molecule has 1 N–H and O–H groups in total. The molecule has 0 spiro atoms. The first-order chi connectivity index (χ1) is 23.3. The topological polar surface area (TPSA) is 68.2 Å². The smallest absolute Gasteiger partial charge is 0.138 e. The van der Waals surface area contributed by atoms with Gasteiger partial charge in [0.2, 0.25) is 0 Å². The number of imidazole rings is 1. The predicted molar refractivity (Wildman–Crippen MR) is 186 cm³/mol. The summed E-state index contributed by atoms with van der Waals surface area (Å²) in [6.45, 7) is -0.0195. The molecule has 0 aliphatic heterocycles. The number of benzene rings is 4. The van der Waals surface area contributed by atoms with Gasteiger partial charge in [0.25, 0.3) is 0 Å². The number of hydrogen-bond acceptors (Lipinski definition) is 4. The normalized spacial score (nSPS) is 11.6. The summed E-state index contributed by atoms with van der Waals surface area (Å²) < 4.78 is 4.21. The summed E-state index contributed by atoms with van der Waals surface area (Å²) in [4.78, 5) is 9.27. The van der Waals surface area contributed by atoms with Crippen LogP contribution in [0.4, 0.5) is 0 Å². The van der Waals surface area contributed by atoms with Crippen LogP contribution >= 0.6 is 0 Å². The molecule has 0 aliphatic carbocycles. The first kappa shape index (κ1) is 28.4. The fourth-order valence-electron chi connectivity index (χ4n) is 6.52. The molecule has 0 saturated carbocycles. The molecule has 4 heterocycles. The highest BCUT2D eigenvalue weighted by Crippen LogP contribution is 2.43. The van der Waals surface area contributed by atoms with E-state index in [9.17, 15) is 5.11 Å². The van der Waals surface area contributed by atoms with Crippen molar-refractivity contribution in [2.75, 3.05) is 0 Å². The van der Waals surface area contributed by atoms with Gasteiger partial charge >= 0.3 is 0 Å². The van der Waals surface area contributed by atoms with E-state index in [1.807, 2.05) is 72.9 Å². The molecule has 0 atom stereocenters. The van der Waals surface area contributed by atoms with Crippen molar-refractivity contribution >= 4 is 5.65 Å². The van der Waals surface area contributed by atoms with E-state index in [0.717, 1.165) is 61.7 Å². The van der Waals surface area contributed by atoms with Crippen molar-refractivity contribution < 1.29 is 5.11 Å². The molecule has 6 nitrogen and oxygen atoms in total. The molecule has 4 aromatic heterocycles. The lowest BCUT2D eigenvalue weighted by molar-refractivity contribution is 0.282. The van der Waals surface area contributed by atoms with E-state index in [0.29, 0.717) is 0 Å². The second-order valence-corrected chi connectivity index (χ2v) is 11.5. The maximum absolute atomic E-state index is 9.79. The third-order valence-electron chi connectivity index (χ3n) is 8.79. The predicted octanol–water partition coefficient (Wildman–Crippen LogP) is 8.26. The summed E-state index contributed by atoms with van der Waals surface area (Å²) in [6.07, 6.45) is 7.95. The minimum Gasteiger partial charge on any atom is -0.392 e. The quantitative estimate of drug-likeness (QED) is 0.176. The van der Waals surface area contributed by atoms with Gasteiger partial charge in [-0.3, -0.25) is 14.1 Å². The SMILES string of the molecule is OCc1ccc(-c2nn(C(c3ccccc3)(c3ccccc3)c3ccccc3)cc2-c2ccc3ncc(-c4ccccn4)n3c2)cc1. The molecule has 0 unspecified atom stereocenters. The van der Waals surface area contributed by atoms with Crippen LogP contribution in [0.15, 0.2) is 170 Å². The number of aliphatic hydroxyl groups excluding tert-OH is 1. The van der Waals surface area contributed by atoms with Crippen LogP contribution < -0.4 is 0 Å². The van der Waals surface area contributed by atoms with Crippen LogP contribution in [0.3, 0.4) is 0 Å². The summed E-state index contributed by atoms with van der Waals surface area (Å²) in [5, 5.41) is 15.3. The van der Waals surface area contributed by atoms with Crippen LogP contribution in [0.2, 0.25) is 0 Å². The van der Waals surface area contributed by atoms with E-state index >= 15 is 0 Å². The average molecular weight is 610 g/mol. The number of fused-ring (bicyclic) bond motifs is 1. The Labute approximate surface area is 272 Å². The Kier molecular flexibility index (Phi) is 7.25. The Hall–Kier alpha value is -6.11. The second kappa shape index (κ2) is 12.0. The van der Waals surface area contributed by atoms with E-state index in [1.54, 1.807) is 6.20 Å². The highest BCUT2D eigenvalue weighted by atomic mass is 16.3. The van der Waals surface area contributed by atoms with Gasteiger partial charge in [0, 0.05) is 35.3 Å². The van der Waals surface area contributed by atoms with Crippen molar-refractivity contribution in [3.63, 3.8) is 0 Å². The highest BCUT2D eigenvalue weighted by Gasteiger charge is 2.40. The summed E-state index contributed by atoms with van der Waals surface area (Å²) in [5.41, 5.74) is 9.70. The van der Waals surface area contributed by atoms with E-state index in [4.69, 9.17) is 5.10 Å². The van der Waals surface area contributed by atoms with Crippen LogP contribution in [-0.4, -0.2) is 29.3 Å². The van der Waals surface area contributed by atoms with E-state index < -0.39 is 5.54 Å². The first-order valence-corrected chi connectivity index (χ1v) is 15.6. The zero-order valence-electron chi connectivity index (χ0n) is 25.6. The van der Waals surface area contributed by atoms with Gasteiger partial charge in [-0.1, -0.05) is 121 Å². The Balaban J connectivity index is 1.43. The maximum atomic E-state index is 9.79. The highest BCUT2D eigenvalue weighted by molar-refractivity contribution is 5.81. The lowest BCUT2D eigenvalue weighted by atomic mass is 9.77. The van der Waals surface area contributed by atoms with Crippen molar-refractivity contribution in [3.8, 4) is 33.8 Å². The maximum Gasteiger partial charge on any atom is 0.138 e. The van der Waals surface area contributed by atoms with E-state index in [2.05, 4.69) is 110 Å². The van der Waals surface area contributed by atoms with Gasteiger partial charge in [0.1, 0.15) is 16.9 Å². The number of pyridine rings is 2. The number of hydrogen-bond donors (Lipinski definition) is 1. The minimum absolute atomic E-state index is 0.0195. The number of nitrogens with zero attached hydrogens (tertiary/aromatic N) is 5. The molecule has 4 aromatic carbocycles. The van der Waals surface area contributed by atoms with Gasteiger partial charge in [-0.05, 0) is 46.5 Å². The van der Waals surface area contributed by atoms with Crippen LogP contribution in [0.1, 0.15) is 22.3 Å². The van der Waals surface area contributed by atoms with Gasteiger partial charge in [-0.15, -0.1) is 0 Å². The molecule has 0 amide bonds. The minimum atomic E-state index is -0.778. The summed E-state index contributed by atoms with van der Waals surface area (Å²) in [5.74, 6) is 0. The van der Waals surface area contributed by atoms with Gasteiger partial charge < -0.3 is 5.11 Å². The molecule has 6 heteroatoms. The van der Waals surface area contributed by atoms with Gasteiger partial charge in [0.15, 0.2) is 0 Å². The standard InChI is InChI=1S/C41H31N5O/c47-29-30-19-21-31(22-20-30)40-36(32-23-24-39-43-26-38(45(39)27-32)37-18-10-11-25-42-37)28-46(44-40)41(33-12-4-1-5-13-33,34-14-6-2-7-15-34)35-16-8-3-9-17-35/h1-28,47H,29H2. The molecule has 47 heavy (non-hydrogen) atoms. The zero-order valence-corrected chi connectivity index (χ0v) is 25.6. The molecular formula is C41H31N5O. The average Bonchev–Trinajstić information content (AvgIpc) is 3.79. The van der Waals surface area contributed by atoms with Crippen molar-refractivity contribution in [3.05, 3.63) is 193 Å². The van der Waals surface area contributed by atoms with E-state index in [-0.39, 0.29) is 6.61 Å². The number of aromatic nitrogens is 5. The number of aliphatic hydroxyl groups is 1. The van der Waals surface area contributed by atoms with Crippen molar-refractivity contribution in [2.45, 2.75) is 12.1 Å². The summed E-state index contributed by atoms with van der Waals surface area (Å²) >= 11 is 0. The Bertz CT molecular complexity index is 2160. The van der Waals surface area contributed by atoms with Crippen molar-refractivity contribution in [1.82, 2.24) is 24.1 Å². The first-order valence-electron chi connectivity index (χ1n) is 15.6. The fraction of sp³-hybridized carbons (Fsp3) is 0.0488. The lowest BCUT2D eigenvalue weighted by Gasteiger charge is -2.36. The van der Waals surface area contributed by atoms with Crippen molar-refractivity contribution in [1.29, 1.82) is 0 Å². The molecular weight excluding hydrogens is 578 g/mol. The largest absolute Gasteiger partial charge is 0.392 e. The monoisotopic (exact) mass is 609 g/mol. The second-order valence-electron chi connectivity index (χ2n) is 11.5. The molecule has 0 bridgehead atoms.